The van der Waals surface area contributed by atoms with Crippen molar-refractivity contribution in [1.82, 2.24) is 15.5 Å². The summed E-state index contributed by atoms with van der Waals surface area (Å²) in [5, 5.41) is 8.10. The fourth-order valence-electron chi connectivity index (χ4n) is 3.29. The van der Waals surface area contributed by atoms with Crippen molar-refractivity contribution < 1.29 is 4.74 Å². The van der Waals surface area contributed by atoms with E-state index in [-0.39, 0.29) is 30.0 Å². The minimum atomic E-state index is 0. The van der Waals surface area contributed by atoms with Gasteiger partial charge in [0.2, 0.25) is 0 Å². The summed E-state index contributed by atoms with van der Waals surface area (Å²) < 4.78 is 5.17. The first-order valence-corrected chi connectivity index (χ1v) is 10.5. The van der Waals surface area contributed by atoms with Crippen LogP contribution in [0.2, 0.25) is 10.0 Å². The van der Waals surface area contributed by atoms with Crippen molar-refractivity contribution in [2.75, 3.05) is 46.4 Å². The summed E-state index contributed by atoms with van der Waals surface area (Å²) in [6.07, 6.45) is 2.37. The number of nitrogens with zero attached hydrogens (tertiary/aromatic N) is 2. The molecule has 1 aromatic rings. The highest BCUT2D eigenvalue weighted by Gasteiger charge is 2.19. The molecule has 1 fully saturated rings. The Kier molecular flexibility index (Phi) is 12.7. The van der Waals surface area contributed by atoms with Gasteiger partial charge >= 0.3 is 0 Å². The van der Waals surface area contributed by atoms with Crippen LogP contribution in [-0.4, -0.2) is 57.3 Å². The van der Waals surface area contributed by atoms with Crippen LogP contribution in [0.5, 0.6) is 0 Å². The average molecular weight is 543 g/mol. The lowest BCUT2D eigenvalue weighted by Crippen LogP contribution is -2.40. The summed E-state index contributed by atoms with van der Waals surface area (Å²) in [4.78, 5) is 7.29. The van der Waals surface area contributed by atoms with Crippen molar-refractivity contribution in [3.63, 3.8) is 0 Å². The molecule has 1 aromatic carbocycles. The molecule has 5 nitrogen and oxygen atoms in total. The van der Waals surface area contributed by atoms with E-state index in [2.05, 4.69) is 29.4 Å². The summed E-state index contributed by atoms with van der Waals surface area (Å²) in [6.45, 7) is 9.91. The Morgan fingerprint density at radius 1 is 1.32 bits per heavy atom. The lowest BCUT2D eigenvalue weighted by molar-refractivity contribution is 0.121. The molecule has 0 spiro atoms. The molecule has 28 heavy (non-hydrogen) atoms. The first-order valence-electron chi connectivity index (χ1n) is 9.74. The number of ether oxygens (including phenoxy) is 1. The number of likely N-dealkylation sites (tertiary alicyclic amines) is 1. The molecule has 0 saturated carbocycles. The smallest absolute Gasteiger partial charge is 0.191 e. The van der Waals surface area contributed by atoms with Crippen LogP contribution in [0.25, 0.3) is 0 Å². The van der Waals surface area contributed by atoms with Crippen LogP contribution in [0.15, 0.2) is 23.2 Å². The molecule has 0 radical (unpaired) electrons. The third-order valence-electron chi connectivity index (χ3n) is 4.95. The molecule has 1 unspecified atom stereocenters. The van der Waals surface area contributed by atoms with E-state index in [4.69, 9.17) is 32.9 Å². The Bertz CT molecular complexity index is 610. The normalized spacial score (nSPS) is 17.1. The summed E-state index contributed by atoms with van der Waals surface area (Å²) >= 11 is 12.3. The third-order valence-corrected chi connectivity index (χ3v) is 5.52. The van der Waals surface area contributed by atoms with Crippen molar-refractivity contribution in [3.05, 3.63) is 33.8 Å². The maximum atomic E-state index is 6.34. The Morgan fingerprint density at radius 3 is 2.64 bits per heavy atom. The second-order valence-corrected chi connectivity index (χ2v) is 7.87. The Labute approximate surface area is 196 Å². The second-order valence-electron chi connectivity index (χ2n) is 7.03. The van der Waals surface area contributed by atoms with Gasteiger partial charge in [-0.15, -0.1) is 24.0 Å². The average Bonchev–Trinajstić information content (AvgIpc) is 2.65. The fraction of sp³-hybridized carbons (Fsp3) is 0.650. The van der Waals surface area contributed by atoms with Crippen LogP contribution >= 0.6 is 47.2 Å². The van der Waals surface area contributed by atoms with Crippen LogP contribution < -0.4 is 10.6 Å². The summed E-state index contributed by atoms with van der Waals surface area (Å²) in [7, 11) is 1.76. The van der Waals surface area contributed by atoms with Gasteiger partial charge in [-0.2, -0.15) is 0 Å². The quantitative estimate of drug-likeness (QED) is 0.287. The maximum absolute atomic E-state index is 6.34. The number of guanidine groups is 1. The number of nitrogens with one attached hydrogen (secondary N) is 2. The lowest BCUT2D eigenvalue weighted by atomic mass is 9.97. The molecule has 1 saturated heterocycles. The van der Waals surface area contributed by atoms with Gasteiger partial charge in [0.25, 0.3) is 0 Å². The van der Waals surface area contributed by atoms with Gasteiger partial charge in [-0.05, 0) is 63.4 Å². The highest BCUT2D eigenvalue weighted by Crippen LogP contribution is 2.26. The van der Waals surface area contributed by atoms with Gasteiger partial charge in [0.1, 0.15) is 0 Å². The zero-order valence-corrected chi connectivity index (χ0v) is 20.9. The van der Waals surface area contributed by atoms with Crippen molar-refractivity contribution in [2.45, 2.75) is 32.7 Å². The Balaban J connectivity index is 0.00000392. The zero-order chi connectivity index (χ0) is 19.6. The predicted octanol–water partition coefficient (Wildman–Crippen LogP) is 4.59. The number of hydrogen-bond acceptors (Lipinski definition) is 3. The number of piperidine rings is 1. The minimum Gasteiger partial charge on any atom is -0.383 e. The lowest BCUT2D eigenvalue weighted by Gasteiger charge is -2.31. The maximum Gasteiger partial charge on any atom is 0.191 e. The number of aliphatic imine (C=N–C) groups is 1. The van der Waals surface area contributed by atoms with Crippen LogP contribution in [0.4, 0.5) is 0 Å². The molecule has 2 rings (SSSR count). The van der Waals surface area contributed by atoms with Gasteiger partial charge in [-0.3, -0.25) is 4.99 Å². The number of methoxy groups -OCH3 is 1. The Hall–Kier alpha value is -0.280. The number of benzene rings is 1. The highest BCUT2D eigenvalue weighted by molar-refractivity contribution is 14.0. The Morgan fingerprint density at radius 2 is 2.04 bits per heavy atom. The van der Waals surface area contributed by atoms with Crippen LogP contribution in [0.1, 0.15) is 38.3 Å². The van der Waals surface area contributed by atoms with E-state index in [1.165, 1.54) is 12.8 Å². The molecule has 0 aliphatic carbocycles. The standard InChI is InChI=1S/C20H32Cl2N4O.HI/c1-4-23-20(25-15(2)18-6-5-17(21)13-19(18)22)24-14-16-7-9-26(10-8-16)11-12-27-3;/h5-6,13,15-16H,4,7-12,14H2,1-3H3,(H2,23,24,25);1H. The van der Waals surface area contributed by atoms with E-state index < -0.39 is 0 Å². The van der Waals surface area contributed by atoms with E-state index in [0.29, 0.717) is 16.0 Å². The van der Waals surface area contributed by atoms with Crippen molar-refractivity contribution >= 4 is 53.1 Å². The summed E-state index contributed by atoms with van der Waals surface area (Å²) in [5.41, 5.74) is 1.01. The monoisotopic (exact) mass is 542 g/mol. The number of hydrogen-bond donors (Lipinski definition) is 2. The fourth-order valence-corrected chi connectivity index (χ4v) is 3.86. The van der Waals surface area contributed by atoms with Crippen molar-refractivity contribution in [1.29, 1.82) is 0 Å². The molecule has 8 heteroatoms. The zero-order valence-electron chi connectivity index (χ0n) is 17.0. The number of halogens is 3. The minimum absolute atomic E-state index is 0. The molecule has 1 aliphatic rings. The van der Waals surface area contributed by atoms with Crippen molar-refractivity contribution in [3.8, 4) is 0 Å². The second kappa shape index (κ2) is 13.9. The largest absolute Gasteiger partial charge is 0.383 e. The van der Waals surface area contributed by atoms with Gasteiger partial charge in [-0.1, -0.05) is 29.3 Å². The van der Waals surface area contributed by atoms with Gasteiger partial charge in [0.05, 0.1) is 12.6 Å². The molecule has 0 bridgehead atoms. The van der Waals surface area contributed by atoms with E-state index in [1.807, 2.05) is 12.1 Å². The van der Waals surface area contributed by atoms with Crippen LogP contribution in [-0.2, 0) is 4.74 Å². The molecular weight excluding hydrogens is 510 g/mol. The van der Waals surface area contributed by atoms with E-state index in [9.17, 15) is 0 Å². The molecule has 1 aliphatic heterocycles. The van der Waals surface area contributed by atoms with Gasteiger partial charge in [-0.25, -0.2) is 0 Å². The summed E-state index contributed by atoms with van der Waals surface area (Å²) in [6, 6.07) is 5.64. The molecule has 0 aromatic heterocycles. The van der Waals surface area contributed by atoms with E-state index in [1.54, 1.807) is 13.2 Å². The summed E-state index contributed by atoms with van der Waals surface area (Å²) in [5.74, 6) is 1.46. The first kappa shape index (κ1) is 25.8. The van der Waals surface area contributed by atoms with Gasteiger partial charge in [0.15, 0.2) is 5.96 Å². The molecule has 1 atom stereocenters. The van der Waals surface area contributed by atoms with E-state index >= 15 is 0 Å². The molecule has 1 heterocycles. The van der Waals surface area contributed by atoms with Crippen LogP contribution in [0.3, 0.4) is 0 Å². The molecule has 160 valence electrons. The highest BCUT2D eigenvalue weighted by atomic mass is 127. The SMILES string of the molecule is CCNC(=NCC1CCN(CCOC)CC1)NC(C)c1ccc(Cl)cc1Cl.I. The molecular formula is C20H33Cl2IN4O. The molecule has 0 amide bonds. The van der Waals surface area contributed by atoms with Gasteiger partial charge < -0.3 is 20.3 Å². The van der Waals surface area contributed by atoms with Crippen LogP contribution in [0, 0.1) is 5.92 Å². The van der Waals surface area contributed by atoms with Gasteiger partial charge in [0, 0.05) is 36.8 Å². The topological polar surface area (TPSA) is 48.9 Å². The predicted molar refractivity (Wildman–Crippen MR) is 130 cm³/mol. The van der Waals surface area contributed by atoms with E-state index in [0.717, 1.165) is 50.9 Å². The van der Waals surface area contributed by atoms with Crippen molar-refractivity contribution in [2.24, 2.45) is 10.9 Å². The number of rotatable bonds is 8. The third kappa shape index (κ3) is 8.61. The molecule has 2 N–H and O–H groups in total. The first-order chi connectivity index (χ1) is 13.0.